The van der Waals surface area contributed by atoms with E-state index >= 15 is 0 Å². The van der Waals surface area contributed by atoms with Crippen molar-refractivity contribution in [2.24, 2.45) is 0 Å². The van der Waals surface area contributed by atoms with E-state index in [9.17, 15) is 0 Å². The first-order valence-electron chi connectivity index (χ1n) is 5.81. The number of nitrogens with one attached hydrogen (secondary N) is 1. The Balaban J connectivity index is 2.65. The van der Waals surface area contributed by atoms with Gasteiger partial charge < -0.3 is 15.8 Å². The van der Waals surface area contributed by atoms with Gasteiger partial charge in [-0.2, -0.15) is 0 Å². The van der Waals surface area contributed by atoms with Crippen molar-refractivity contribution in [2.45, 2.75) is 26.3 Å². The van der Waals surface area contributed by atoms with Gasteiger partial charge in [0.2, 0.25) is 0 Å². The zero-order valence-corrected chi connectivity index (χ0v) is 10.1. The zero-order valence-electron chi connectivity index (χ0n) is 10.1. The van der Waals surface area contributed by atoms with Gasteiger partial charge in [0.25, 0.3) is 0 Å². The molecule has 4 heteroatoms. The molecule has 16 heavy (non-hydrogen) atoms. The number of aromatic nitrogens is 1. The second-order valence-electron chi connectivity index (χ2n) is 3.57. The fraction of sp³-hybridized carbons (Fsp3) is 0.583. The highest BCUT2D eigenvalue weighted by Crippen LogP contribution is 2.20. The molecule has 0 aliphatic heterocycles. The van der Waals surface area contributed by atoms with E-state index in [-0.39, 0.29) is 6.04 Å². The number of pyridine rings is 1. The lowest BCUT2D eigenvalue weighted by Crippen LogP contribution is -2.23. The van der Waals surface area contributed by atoms with Crippen LogP contribution in [0.4, 0.5) is 5.82 Å². The monoisotopic (exact) mass is 223 g/mol. The van der Waals surface area contributed by atoms with Crippen LogP contribution in [0.5, 0.6) is 0 Å². The van der Waals surface area contributed by atoms with Crippen LogP contribution < -0.4 is 11.1 Å². The minimum Gasteiger partial charge on any atom is -0.383 e. The van der Waals surface area contributed by atoms with Crippen LogP contribution >= 0.6 is 0 Å². The lowest BCUT2D eigenvalue weighted by Gasteiger charge is -2.19. The number of hydrogen-bond donors (Lipinski definition) is 2. The molecule has 0 amide bonds. The molecule has 1 heterocycles. The number of hydrogen-bond acceptors (Lipinski definition) is 4. The highest BCUT2D eigenvalue weighted by Gasteiger charge is 2.13. The number of nitrogens with two attached hydrogens (primary N) is 1. The van der Waals surface area contributed by atoms with Gasteiger partial charge in [-0.1, -0.05) is 13.0 Å². The normalized spacial score (nSPS) is 12.6. The van der Waals surface area contributed by atoms with Gasteiger partial charge in [-0.3, -0.25) is 0 Å². The molecular formula is C12H21N3O. The molecule has 1 unspecified atom stereocenters. The third kappa shape index (κ3) is 3.79. The molecule has 90 valence electrons. The summed E-state index contributed by atoms with van der Waals surface area (Å²) in [5.41, 5.74) is 6.92. The zero-order chi connectivity index (χ0) is 11.8. The Morgan fingerprint density at radius 2 is 2.31 bits per heavy atom. The minimum absolute atomic E-state index is 0.227. The Hall–Kier alpha value is -1.13. The molecule has 1 atom stereocenters. The number of nitrogen functional groups attached to an aromatic ring is 1. The maximum atomic E-state index is 5.86. The van der Waals surface area contributed by atoms with Crippen molar-refractivity contribution in [3.63, 3.8) is 0 Å². The Kier molecular flexibility index (Phi) is 5.82. The highest BCUT2D eigenvalue weighted by molar-refractivity contribution is 5.40. The largest absolute Gasteiger partial charge is 0.383 e. The lowest BCUT2D eigenvalue weighted by molar-refractivity contribution is 0.136. The summed E-state index contributed by atoms with van der Waals surface area (Å²) in [6.07, 6.45) is 2.63. The molecule has 1 aromatic rings. The molecule has 0 bridgehead atoms. The number of ether oxygens (including phenoxy) is 1. The predicted molar refractivity (Wildman–Crippen MR) is 66.2 cm³/mol. The number of anilines is 1. The molecule has 0 spiro atoms. The molecule has 1 rings (SSSR count). The van der Waals surface area contributed by atoms with Gasteiger partial charge in [0.05, 0.1) is 0 Å². The van der Waals surface area contributed by atoms with E-state index in [1.54, 1.807) is 6.20 Å². The van der Waals surface area contributed by atoms with Crippen molar-refractivity contribution in [3.05, 3.63) is 23.9 Å². The van der Waals surface area contributed by atoms with E-state index in [1.165, 1.54) is 0 Å². The maximum Gasteiger partial charge on any atom is 0.128 e. The SMILES string of the molecule is CCNC(CCOCC)c1cccnc1N. The molecular weight excluding hydrogens is 202 g/mol. The van der Waals surface area contributed by atoms with Gasteiger partial charge in [-0.25, -0.2) is 4.98 Å². The van der Waals surface area contributed by atoms with Crippen LogP contribution in [0.3, 0.4) is 0 Å². The summed E-state index contributed by atoms with van der Waals surface area (Å²) in [6.45, 7) is 6.48. The van der Waals surface area contributed by atoms with E-state index < -0.39 is 0 Å². The molecule has 0 aliphatic rings. The molecule has 3 N–H and O–H groups in total. The average molecular weight is 223 g/mol. The van der Waals surface area contributed by atoms with Crippen LogP contribution in [0.2, 0.25) is 0 Å². The fourth-order valence-corrected chi connectivity index (χ4v) is 1.68. The van der Waals surface area contributed by atoms with Crippen LogP contribution in [0.1, 0.15) is 31.9 Å². The van der Waals surface area contributed by atoms with Crippen LogP contribution in [0, 0.1) is 0 Å². The van der Waals surface area contributed by atoms with Crippen molar-refractivity contribution in [1.29, 1.82) is 0 Å². The second-order valence-corrected chi connectivity index (χ2v) is 3.57. The van der Waals surface area contributed by atoms with Crippen molar-refractivity contribution < 1.29 is 4.74 Å². The highest BCUT2D eigenvalue weighted by atomic mass is 16.5. The molecule has 0 saturated heterocycles. The third-order valence-corrected chi connectivity index (χ3v) is 2.45. The standard InChI is InChI=1S/C12H21N3O/c1-3-14-11(7-9-16-4-2)10-6-5-8-15-12(10)13/h5-6,8,11,14H,3-4,7,9H2,1-2H3,(H2,13,15). The van der Waals surface area contributed by atoms with Crippen molar-refractivity contribution in [2.75, 3.05) is 25.5 Å². The van der Waals surface area contributed by atoms with E-state index in [0.717, 1.165) is 31.7 Å². The quantitative estimate of drug-likeness (QED) is 0.691. The van der Waals surface area contributed by atoms with Crippen molar-refractivity contribution >= 4 is 5.82 Å². The fourth-order valence-electron chi connectivity index (χ4n) is 1.68. The van der Waals surface area contributed by atoms with Crippen molar-refractivity contribution in [1.82, 2.24) is 10.3 Å². The summed E-state index contributed by atoms with van der Waals surface area (Å²) < 4.78 is 5.37. The van der Waals surface area contributed by atoms with Gasteiger partial charge in [0.1, 0.15) is 5.82 Å². The van der Waals surface area contributed by atoms with Crippen LogP contribution in [0.15, 0.2) is 18.3 Å². The summed E-state index contributed by atoms with van der Waals surface area (Å²) >= 11 is 0. The van der Waals surface area contributed by atoms with Crippen molar-refractivity contribution in [3.8, 4) is 0 Å². The van der Waals surface area contributed by atoms with E-state index in [2.05, 4.69) is 17.2 Å². The number of nitrogens with zero attached hydrogens (tertiary/aromatic N) is 1. The first-order valence-corrected chi connectivity index (χ1v) is 5.81. The van der Waals surface area contributed by atoms with Gasteiger partial charge in [-0.15, -0.1) is 0 Å². The Morgan fingerprint density at radius 1 is 1.50 bits per heavy atom. The lowest BCUT2D eigenvalue weighted by atomic mass is 10.1. The summed E-state index contributed by atoms with van der Waals surface area (Å²) in [5, 5.41) is 3.40. The van der Waals surface area contributed by atoms with Crippen LogP contribution in [-0.2, 0) is 4.74 Å². The predicted octanol–water partition coefficient (Wildman–Crippen LogP) is 1.74. The Labute approximate surface area is 97.2 Å². The molecule has 0 aliphatic carbocycles. The minimum atomic E-state index is 0.227. The molecule has 0 radical (unpaired) electrons. The smallest absolute Gasteiger partial charge is 0.128 e. The molecule has 0 fully saturated rings. The first kappa shape index (κ1) is 12.9. The maximum absolute atomic E-state index is 5.86. The Morgan fingerprint density at radius 3 is 2.94 bits per heavy atom. The van der Waals surface area contributed by atoms with Gasteiger partial charge in [-0.05, 0) is 26.0 Å². The first-order chi connectivity index (χ1) is 7.79. The van der Waals surface area contributed by atoms with E-state index in [4.69, 9.17) is 10.5 Å². The summed E-state index contributed by atoms with van der Waals surface area (Å²) in [7, 11) is 0. The molecule has 0 aromatic carbocycles. The van der Waals surface area contributed by atoms with E-state index in [1.807, 2.05) is 19.1 Å². The van der Waals surface area contributed by atoms with E-state index in [0.29, 0.717) is 5.82 Å². The Bertz CT molecular complexity index is 304. The summed E-state index contributed by atoms with van der Waals surface area (Å²) in [5.74, 6) is 0.602. The molecule has 1 aromatic heterocycles. The summed E-state index contributed by atoms with van der Waals surface area (Å²) in [6, 6.07) is 4.16. The van der Waals surface area contributed by atoms with Crippen LogP contribution in [0.25, 0.3) is 0 Å². The van der Waals surface area contributed by atoms with Gasteiger partial charge in [0.15, 0.2) is 0 Å². The number of rotatable bonds is 7. The summed E-state index contributed by atoms with van der Waals surface area (Å²) in [4.78, 5) is 4.11. The molecule has 4 nitrogen and oxygen atoms in total. The average Bonchev–Trinajstić information content (AvgIpc) is 2.29. The molecule has 0 saturated carbocycles. The van der Waals surface area contributed by atoms with Gasteiger partial charge >= 0.3 is 0 Å². The van der Waals surface area contributed by atoms with Gasteiger partial charge in [0, 0.05) is 31.0 Å². The second kappa shape index (κ2) is 7.19. The topological polar surface area (TPSA) is 60.2 Å². The van der Waals surface area contributed by atoms with Crippen LogP contribution in [-0.4, -0.2) is 24.7 Å². The third-order valence-electron chi connectivity index (χ3n) is 2.45.